The summed E-state index contributed by atoms with van der Waals surface area (Å²) in [7, 11) is 0. The van der Waals surface area contributed by atoms with Crippen LogP contribution in [0.25, 0.3) is 0 Å². The molecule has 1 fully saturated rings. The van der Waals surface area contributed by atoms with Gasteiger partial charge in [-0.3, -0.25) is 9.59 Å². The maximum absolute atomic E-state index is 11.4. The molecule has 0 aromatic heterocycles. The highest BCUT2D eigenvalue weighted by atomic mass is 32.1. The van der Waals surface area contributed by atoms with Crippen LogP contribution in [-0.4, -0.2) is 23.9 Å². The summed E-state index contributed by atoms with van der Waals surface area (Å²) in [5.74, 6) is 1.20. The van der Waals surface area contributed by atoms with Gasteiger partial charge in [0.25, 0.3) is 0 Å². The number of ketones is 2. The number of nitrogens with two attached hydrogens (primary N) is 1. The van der Waals surface area contributed by atoms with Gasteiger partial charge in [-0.15, -0.1) is 0 Å². The van der Waals surface area contributed by atoms with E-state index in [1.807, 2.05) is 0 Å². The van der Waals surface area contributed by atoms with Crippen molar-refractivity contribution in [3.8, 4) is 0 Å². The number of rotatable bonds is 9. The number of carbonyl (C=O) groups excluding carboxylic acids is 2. The molecule has 1 unspecified atom stereocenters. The normalized spacial score (nSPS) is 17.6. The van der Waals surface area contributed by atoms with Crippen LogP contribution in [0.4, 0.5) is 0 Å². The van der Waals surface area contributed by atoms with Crippen molar-refractivity contribution >= 4 is 24.2 Å². The van der Waals surface area contributed by atoms with Crippen LogP contribution < -0.4 is 5.73 Å². The fourth-order valence-corrected chi connectivity index (χ4v) is 2.49. The Morgan fingerprint density at radius 3 is 2.59 bits per heavy atom. The summed E-state index contributed by atoms with van der Waals surface area (Å²) < 4.78 is 0. The van der Waals surface area contributed by atoms with Crippen LogP contribution in [0, 0.1) is 11.4 Å². The third-order valence-corrected chi connectivity index (χ3v) is 3.95. The van der Waals surface area contributed by atoms with Gasteiger partial charge in [0.1, 0.15) is 11.6 Å². The lowest BCUT2D eigenvalue weighted by Crippen LogP contribution is -2.24. The number of Topliss-reactive ketones (excluding diaryl/α,β-unsaturated/α-hetero) is 2. The quantitative estimate of drug-likeness (QED) is 0.261. The Balaban J connectivity index is 0.000000534. The molecule has 1 atom stereocenters. The summed E-state index contributed by atoms with van der Waals surface area (Å²) >= 11 is 4.05. The summed E-state index contributed by atoms with van der Waals surface area (Å²) in [6.07, 6.45) is 7.24. The lowest BCUT2D eigenvalue weighted by atomic mass is 9.84. The van der Waals surface area contributed by atoms with E-state index in [2.05, 4.69) is 24.3 Å². The van der Waals surface area contributed by atoms with Crippen LogP contribution in [0.5, 0.6) is 0 Å². The minimum atomic E-state index is 0.0428. The van der Waals surface area contributed by atoms with Crippen molar-refractivity contribution in [1.29, 1.82) is 5.53 Å². The van der Waals surface area contributed by atoms with E-state index in [1.54, 1.807) is 0 Å². The number of allylic oxidation sites excluding steroid dienone is 1. The molecule has 126 valence electrons. The number of thiol groups is 1. The molecular formula is C16H29N3O2S. The maximum Gasteiger partial charge on any atom is 0.143 e. The Labute approximate surface area is 139 Å². The fraction of sp³-hybridized carbons (Fsp3) is 0.750. The maximum atomic E-state index is 11.4. The highest BCUT2D eigenvalue weighted by molar-refractivity contribution is 7.80. The predicted octanol–water partition coefficient (Wildman–Crippen LogP) is 3.68. The number of unbranched alkanes of at least 4 members (excludes halogenated alkanes) is 2. The number of carbonyl (C=O) groups is 2. The molecule has 1 saturated carbocycles. The van der Waals surface area contributed by atoms with Gasteiger partial charge in [0, 0.05) is 12.3 Å². The SMILES string of the molecule is C=C(CCCC1CCC(=O)CC1=O)N=N.NCCCCCS. The molecule has 1 aliphatic rings. The van der Waals surface area contributed by atoms with Crippen LogP contribution >= 0.6 is 12.6 Å². The second-order valence-electron chi connectivity index (χ2n) is 5.56. The van der Waals surface area contributed by atoms with Crippen molar-refractivity contribution in [2.45, 2.75) is 57.8 Å². The first-order chi connectivity index (χ1) is 10.5. The van der Waals surface area contributed by atoms with Gasteiger partial charge in [0.05, 0.1) is 12.1 Å². The van der Waals surface area contributed by atoms with E-state index in [0.717, 1.165) is 31.6 Å². The number of hydrogen-bond donors (Lipinski definition) is 3. The topological polar surface area (TPSA) is 96.4 Å². The van der Waals surface area contributed by atoms with Crippen molar-refractivity contribution in [3.63, 3.8) is 0 Å². The molecule has 0 radical (unpaired) electrons. The van der Waals surface area contributed by atoms with Crippen molar-refractivity contribution in [3.05, 3.63) is 12.3 Å². The first-order valence-electron chi connectivity index (χ1n) is 7.95. The number of hydrogen-bond acceptors (Lipinski definition) is 6. The molecule has 0 saturated heterocycles. The third-order valence-electron chi connectivity index (χ3n) is 3.64. The lowest BCUT2D eigenvalue weighted by molar-refractivity contribution is -0.132. The molecule has 0 aliphatic heterocycles. The Morgan fingerprint density at radius 1 is 1.32 bits per heavy atom. The Kier molecular flexibility index (Phi) is 13.0. The highest BCUT2D eigenvalue weighted by Crippen LogP contribution is 2.24. The molecule has 5 nitrogen and oxygen atoms in total. The fourth-order valence-electron chi connectivity index (χ4n) is 2.27. The zero-order valence-corrected chi connectivity index (χ0v) is 14.2. The van der Waals surface area contributed by atoms with Gasteiger partial charge in [-0.25, -0.2) is 5.53 Å². The molecule has 3 N–H and O–H groups in total. The van der Waals surface area contributed by atoms with E-state index in [9.17, 15) is 9.59 Å². The van der Waals surface area contributed by atoms with Crippen LogP contribution in [0.2, 0.25) is 0 Å². The smallest absolute Gasteiger partial charge is 0.143 e. The van der Waals surface area contributed by atoms with Crippen LogP contribution in [0.1, 0.15) is 57.8 Å². The minimum absolute atomic E-state index is 0.0428. The van der Waals surface area contributed by atoms with Crippen molar-refractivity contribution in [1.82, 2.24) is 0 Å². The summed E-state index contributed by atoms with van der Waals surface area (Å²) in [6.45, 7) is 4.42. The van der Waals surface area contributed by atoms with Crippen LogP contribution in [0.3, 0.4) is 0 Å². The summed E-state index contributed by atoms with van der Waals surface area (Å²) in [5.41, 5.74) is 12.5. The predicted molar refractivity (Wildman–Crippen MR) is 92.3 cm³/mol. The van der Waals surface area contributed by atoms with Gasteiger partial charge in [-0.1, -0.05) is 13.0 Å². The van der Waals surface area contributed by atoms with Gasteiger partial charge in [0.2, 0.25) is 0 Å². The van der Waals surface area contributed by atoms with Crippen LogP contribution in [-0.2, 0) is 9.59 Å². The zero-order chi connectivity index (χ0) is 16.8. The summed E-state index contributed by atoms with van der Waals surface area (Å²) in [5, 5.41) is 3.22. The molecule has 0 heterocycles. The average molecular weight is 327 g/mol. The summed E-state index contributed by atoms with van der Waals surface area (Å²) in [6, 6.07) is 0. The van der Waals surface area contributed by atoms with E-state index in [0.29, 0.717) is 25.0 Å². The average Bonchev–Trinajstić information content (AvgIpc) is 2.50. The van der Waals surface area contributed by atoms with Crippen LogP contribution in [0.15, 0.2) is 17.4 Å². The molecule has 0 aromatic carbocycles. The molecule has 0 spiro atoms. The lowest BCUT2D eigenvalue weighted by Gasteiger charge is -2.19. The Morgan fingerprint density at radius 2 is 2.05 bits per heavy atom. The first-order valence-corrected chi connectivity index (χ1v) is 8.59. The third kappa shape index (κ3) is 10.7. The first kappa shape index (κ1) is 21.0. The molecule has 0 amide bonds. The Bertz CT molecular complexity index is 368. The largest absolute Gasteiger partial charge is 0.330 e. The molecule has 22 heavy (non-hydrogen) atoms. The van der Waals surface area contributed by atoms with Crippen molar-refractivity contribution in [2.75, 3.05) is 12.3 Å². The monoisotopic (exact) mass is 327 g/mol. The molecule has 0 aromatic rings. The van der Waals surface area contributed by atoms with Gasteiger partial charge in [-0.2, -0.15) is 17.7 Å². The molecule has 1 aliphatic carbocycles. The molecule has 1 rings (SSSR count). The zero-order valence-electron chi connectivity index (χ0n) is 13.4. The second-order valence-corrected chi connectivity index (χ2v) is 6.01. The van der Waals surface area contributed by atoms with E-state index >= 15 is 0 Å². The van der Waals surface area contributed by atoms with E-state index in [1.165, 1.54) is 12.8 Å². The standard InChI is InChI=1S/C11H16N2O2.C5H13NS/c1-8(13-12)3-2-4-9-5-6-10(14)7-11(9)15;6-4-2-1-3-5-7/h9,12H,1-7H2;7H,1-6H2. The molecule has 0 bridgehead atoms. The van der Waals surface area contributed by atoms with Crippen molar-refractivity contribution < 1.29 is 9.59 Å². The van der Waals surface area contributed by atoms with E-state index in [-0.39, 0.29) is 23.9 Å². The molecule has 6 heteroatoms. The van der Waals surface area contributed by atoms with Gasteiger partial charge in [-0.05, 0) is 50.8 Å². The minimum Gasteiger partial charge on any atom is -0.330 e. The van der Waals surface area contributed by atoms with Crippen molar-refractivity contribution in [2.24, 2.45) is 16.8 Å². The number of nitrogens with zero attached hydrogens (tertiary/aromatic N) is 1. The van der Waals surface area contributed by atoms with E-state index < -0.39 is 0 Å². The molecular weight excluding hydrogens is 298 g/mol. The second kappa shape index (κ2) is 13.6. The van der Waals surface area contributed by atoms with Gasteiger partial charge < -0.3 is 5.73 Å². The highest BCUT2D eigenvalue weighted by Gasteiger charge is 2.26. The van der Waals surface area contributed by atoms with E-state index in [4.69, 9.17) is 11.3 Å². The van der Waals surface area contributed by atoms with Gasteiger partial charge >= 0.3 is 0 Å². The summed E-state index contributed by atoms with van der Waals surface area (Å²) in [4.78, 5) is 22.4. The Hall–Kier alpha value is -1.01. The number of nitrogens with one attached hydrogen (secondary N) is 1. The van der Waals surface area contributed by atoms with Gasteiger partial charge in [0.15, 0.2) is 0 Å².